The zero-order valence-corrected chi connectivity index (χ0v) is 11.4. The molecule has 0 unspecified atom stereocenters. The molecule has 3 nitrogen and oxygen atoms in total. The number of rotatable bonds is 2. The van der Waals surface area contributed by atoms with Crippen LogP contribution in [0.15, 0.2) is 36.0 Å². The number of hydrogen-bond acceptors (Lipinski definition) is 2. The molecule has 2 aliphatic rings. The minimum absolute atomic E-state index is 0.185. The normalized spacial score (nSPS) is 23.5. The van der Waals surface area contributed by atoms with Crippen molar-refractivity contribution >= 4 is 5.69 Å². The van der Waals surface area contributed by atoms with Gasteiger partial charge < -0.3 is 4.90 Å². The molecular formula is C16H18FN3. The molecule has 0 aromatic heterocycles. The molecule has 0 bridgehead atoms. The summed E-state index contributed by atoms with van der Waals surface area (Å²) in [7, 11) is 0. The molecule has 3 rings (SSSR count). The van der Waals surface area contributed by atoms with Crippen molar-refractivity contribution in [2.24, 2.45) is 0 Å². The second-order valence-electron chi connectivity index (χ2n) is 5.38. The summed E-state index contributed by atoms with van der Waals surface area (Å²) in [6, 6.07) is 7.16. The Labute approximate surface area is 119 Å². The van der Waals surface area contributed by atoms with Crippen LogP contribution < -0.4 is 4.90 Å². The summed E-state index contributed by atoms with van der Waals surface area (Å²) in [6.45, 7) is 11.0. The van der Waals surface area contributed by atoms with Crippen molar-refractivity contribution in [3.63, 3.8) is 0 Å². The average molecular weight is 271 g/mol. The van der Waals surface area contributed by atoms with E-state index in [-0.39, 0.29) is 5.82 Å². The third-order valence-electron chi connectivity index (χ3n) is 4.20. The molecule has 20 heavy (non-hydrogen) atoms. The number of allylic oxidation sites excluding steroid dienone is 1. The molecule has 1 fully saturated rings. The summed E-state index contributed by atoms with van der Waals surface area (Å²) in [5.41, 5.74) is 2.01. The van der Waals surface area contributed by atoms with Crippen LogP contribution in [0.25, 0.3) is 4.85 Å². The monoisotopic (exact) mass is 271 g/mol. The summed E-state index contributed by atoms with van der Waals surface area (Å²) >= 11 is 0. The van der Waals surface area contributed by atoms with Crippen LogP contribution in [0, 0.1) is 12.4 Å². The van der Waals surface area contributed by atoms with Crippen LogP contribution in [0.1, 0.15) is 12.8 Å². The van der Waals surface area contributed by atoms with Gasteiger partial charge in [-0.05, 0) is 37.1 Å². The van der Waals surface area contributed by atoms with E-state index in [9.17, 15) is 4.39 Å². The fourth-order valence-corrected chi connectivity index (χ4v) is 3.03. The van der Waals surface area contributed by atoms with Gasteiger partial charge in [0, 0.05) is 37.9 Å². The first-order valence-electron chi connectivity index (χ1n) is 7.09. The number of piperazine rings is 1. The molecule has 104 valence electrons. The van der Waals surface area contributed by atoms with E-state index in [2.05, 4.69) is 20.7 Å². The third kappa shape index (κ3) is 2.68. The van der Waals surface area contributed by atoms with Crippen LogP contribution in [0.2, 0.25) is 0 Å². The van der Waals surface area contributed by atoms with Gasteiger partial charge in [-0.25, -0.2) is 9.24 Å². The highest BCUT2D eigenvalue weighted by Crippen LogP contribution is 2.25. The van der Waals surface area contributed by atoms with Gasteiger partial charge in [0.1, 0.15) is 5.82 Å². The van der Waals surface area contributed by atoms with Crippen molar-refractivity contribution in [1.29, 1.82) is 0 Å². The summed E-state index contributed by atoms with van der Waals surface area (Å²) in [4.78, 5) is 8.29. The van der Waals surface area contributed by atoms with Crippen molar-refractivity contribution in [3.8, 4) is 0 Å². The van der Waals surface area contributed by atoms with Gasteiger partial charge in [0.05, 0.1) is 6.57 Å². The Bertz CT molecular complexity index is 536. The maximum Gasteiger partial charge on any atom is 0.163 e. The Kier molecular flexibility index (Phi) is 3.70. The SMILES string of the molecule is [C-]#[N+]C1=C[C@H](N2CCN(c3ccc(F)cc3)CC2)CC1. The van der Waals surface area contributed by atoms with Crippen LogP contribution in [-0.4, -0.2) is 37.1 Å². The minimum Gasteiger partial charge on any atom is -0.369 e. The van der Waals surface area contributed by atoms with Gasteiger partial charge in [-0.1, -0.05) is 6.08 Å². The van der Waals surface area contributed by atoms with Crippen molar-refractivity contribution in [2.75, 3.05) is 31.1 Å². The summed E-state index contributed by atoms with van der Waals surface area (Å²) in [5, 5.41) is 0. The second kappa shape index (κ2) is 5.64. The molecule has 0 saturated carbocycles. The van der Waals surface area contributed by atoms with Gasteiger partial charge in [-0.2, -0.15) is 0 Å². The molecule has 0 radical (unpaired) electrons. The molecule has 0 N–H and O–H groups in total. The Morgan fingerprint density at radius 3 is 2.40 bits per heavy atom. The Morgan fingerprint density at radius 1 is 1.10 bits per heavy atom. The lowest BCUT2D eigenvalue weighted by Gasteiger charge is -2.38. The van der Waals surface area contributed by atoms with E-state index in [0.29, 0.717) is 6.04 Å². The zero-order chi connectivity index (χ0) is 13.9. The number of nitrogens with zero attached hydrogens (tertiary/aromatic N) is 3. The van der Waals surface area contributed by atoms with Crippen LogP contribution in [-0.2, 0) is 0 Å². The highest BCUT2D eigenvalue weighted by atomic mass is 19.1. The summed E-state index contributed by atoms with van der Waals surface area (Å²) in [5.74, 6) is -0.185. The predicted molar refractivity (Wildman–Crippen MR) is 77.9 cm³/mol. The topological polar surface area (TPSA) is 10.8 Å². The van der Waals surface area contributed by atoms with Gasteiger partial charge >= 0.3 is 0 Å². The van der Waals surface area contributed by atoms with Gasteiger partial charge in [0.2, 0.25) is 0 Å². The van der Waals surface area contributed by atoms with E-state index >= 15 is 0 Å². The maximum absolute atomic E-state index is 12.9. The van der Waals surface area contributed by atoms with E-state index in [1.54, 1.807) is 0 Å². The maximum atomic E-state index is 12.9. The predicted octanol–water partition coefficient (Wildman–Crippen LogP) is 2.91. The Balaban J connectivity index is 1.59. The van der Waals surface area contributed by atoms with Crippen molar-refractivity contribution in [3.05, 3.63) is 53.3 Å². The Morgan fingerprint density at radius 2 is 1.80 bits per heavy atom. The molecule has 0 spiro atoms. The summed E-state index contributed by atoms with van der Waals surface area (Å²) in [6.07, 6.45) is 4.13. The van der Waals surface area contributed by atoms with Gasteiger partial charge in [-0.3, -0.25) is 4.90 Å². The molecule has 1 aromatic rings. The highest BCUT2D eigenvalue weighted by molar-refractivity contribution is 5.46. The van der Waals surface area contributed by atoms with Crippen molar-refractivity contribution in [1.82, 2.24) is 4.90 Å². The zero-order valence-electron chi connectivity index (χ0n) is 11.4. The fraction of sp³-hybridized carbons (Fsp3) is 0.438. The highest BCUT2D eigenvalue weighted by Gasteiger charge is 2.26. The molecule has 1 aromatic carbocycles. The molecule has 1 aliphatic heterocycles. The average Bonchev–Trinajstić information content (AvgIpc) is 2.97. The molecule has 1 atom stereocenters. The second-order valence-corrected chi connectivity index (χ2v) is 5.38. The largest absolute Gasteiger partial charge is 0.369 e. The smallest absolute Gasteiger partial charge is 0.163 e. The number of hydrogen-bond donors (Lipinski definition) is 0. The first-order valence-corrected chi connectivity index (χ1v) is 7.09. The quantitative estimate of drug-likeness (QED) is 0.766. The lowest BCUT2D eigenvalue weighted by atomic mass is 10.1. The molecular weight excluding hydrogens is 253 g/mol. The number of halogens is 1. The van der Waals surface area contributed by atoms with E-state index in [1.165, 1.54) is 12.1 Å². The molecule has 1 heterocycles. The fourth-order valence-electron chi connectivity index (χ4n) is 3.03. The van der Waals surface area contributed by atoms with Crippen LogP contribution in [0.3, 0.4) is 0 Å². The van der Waals surface area contributed by atoms with Crippen molar-refractivity contribution in [2.45, 2.75) is 18.9 Å². The van der Waals surface area contributed by atoms with E-state index in [1.807, 2.05) is 12.1 Å². The first kappa shape index (κ1) is 13.1. The molecule has 4 heteroatoms. The van der Waals surface area contributed by atoms with E-state index < -0.39 is 0 Å². The molecule has 1 aliphatic carbocycles. The molecule has 0 amide bonds. The van der Waals surface area contributed by atoms with Crippen molar-refractivity contribution < 1.29 is 4.39 Å². The number of benzene rings is 1. The Hall–Kier alpha value is -1.86. The van der Waals surface area contributed by atoms with Gasteiger partial charge in [0.25, 0.3) is 0 Å². The first-order chi connectivity index (χ1) is 9.76. The van der Waals surface area contributed by atoms with E-state index in [4.69, 9.17) is 6.57 Å². The van der Waals surface area contributed by atoms with Gasteiger partial charge in [0.15, 0.2) is 5.70 Å². The van der Waals surface area contributed by atoms with Gasteiger partial charge in [-0.15, -0.1) is 0 Å². The lowest BCUT2D eigenvalue weighted by Crippen LogP contribution is -2.49. The standard InChI is InChI=1S/C16H18FN3/c1-18-14-4-7-16(12-14)20-10-8-19(9-11-20)15-5-2-13(17)3-6-15/h2-3,5-6,12,16H,4,7-11H2/t16-/m1/s1. The van der Waals surface area contributed by atoms with Crippen LogP contribution in [0.4, 0.5) is 10.1 Å². The van der Waals surface area contributed by atoms with E-state index in [0.717, 1.165) is 50.4 Å². The van der Waals surface area contributed by atoms with Crippen LogP contribution in [0.5, 0.6) is 0 Å². The molecule has 1 saturated heterocycles. The summed E-state index contributed by atoms with van der Waals surface area (Å²) < 4.78 is 12.9. The minimum atomic E-state index is -0.185. The third-order valence-corrected chi connectivity index (χ3v) is 4.20. The van der Waals surface area contributed by atoms with Crippen LogP contribution >= 0.6 is 0 Å². The lowest BCUT2D eigenvalue weighted by molar-refractivity contribution is 0.214. The number of anilines is 1.